The van der Waals surface area contributed by atoms with Crippen molar-refractivity contribution >= 4 is 57.4 Å². The molecule has 0 unspecified atom stereocenters. The van der Waals surface area contributed by atoms with E-state index >= 15 is 0 Å². The lowest BCUT2D eigenvalue weighted by Gasteiger charge is -2.31. The fourth-order valence-corrected chi connectivity index (χ4v) is 5.12. The van der Waals surface area contributed by atoms with E-state index in [1.165, 1.54) is 6.07 Å². The number of thioether (sulfide) groups is 1. The maximum absolute atomic E-state index is 14.3. The number of carbonyl (C=O) groups excluding carboxylic acids is 1. The van der Waals surface area contributed by atoms with Crippen molar-refractivity contribution in [1.82, 2.24) is 4.98 Å². The Morgan fingerprint density at radius 3 is 2.75 bits per heavy atom. The van der Waals surface area contributed by atoms with Gasteiger partial charge < -0.3 is 20.5 Å². The summed E-state index contributed by atoms with van der Waals surface area (Å²) < 4.78 is 14.3. The van der Waals surface area contributed by atoms with Gasteiger partial charge in [-0.1, -0.05) is 23.7 Å². The van der Waals surface area contributed by atoms with Gasteiger partial charge in [-0.25, -0.2) is 9.18 Å². The van der Waals surface area contributed by atoms with Crippen molar-refractivity contribution in [3.63, 3.8) is 0 Å². The molecule has 1 aromatic heterocycles. The average molecular weight is 467 g/mol. The third kappa shape index (κ3) is 4.26. The second-order valence-corrected chi connectivity index (χ2v) is 9.06. The van der Waals surface area contributed by atoms with Gasteiger partial charge in [-0.15, -0.1) is 11.8 Å². The van der Waals surface area contributed by atoms with Crippen molar-refractivity contribution in [2.24, 2.45) is 0 Å². The summed E-state index contributed by atoms with van der Waals surface area (Å²) in [6.07, 6.45) is 1.86. The number of hydrogen-bond acceptors (Lipinski definition) is 3. The number of halogens is 2. The third-order valence-corrected chi connectivity index (χ3v) is 6.78. The maximum Gasteiger partial charge on any atom is 0.323 e. The van der Waals surface area contributed by atoms with Crippen LogP contribution in [0, 0.1) is 5.82 Å². The smallest absolute Gasteiger partial charge is 0.323 e. The van der Waals surface area contributed by atoms with Crippen molar-refractivity contribution in [2.75, 3.05) is 27.8 Å². The summed E-state index contributed by atoms with van der Waals surface area (Å²) in [4.78, 5) is 18.8. The van der Waals surface area contributed by atoms with Crippen molar-refractivity contribution in [3.05, 3.63) is 83.3 Å². The van der Waals surface area contributed by atoms with Gasteiger partial charge in [0.1, 0.15) is 5.82 Å². The maximum atomic E-state index is 14.3. The number of amides is 2. The third-order valence-electron chi connectivity index (χ3n) is 5.40. The van der Waals surface area contributed by atoms with Crippen LogP contribution in [-0.4, -0.2) is 23.3 Å². The second kappa shape index (κ2) is 8.76. The van der Waals surface area contributed by atoms with Crippen LogP contribution >= 0.6 is 23.4 Å². The molecule has 3 N–H and O–H groups in total. The molecule has 0 aliphatic carbocycles. The van der Waals surface area contributed by atoms with Gasteiger partial charge in [0.05, 0.1) is 5.69 Å². The van der Waals surface area contributed by atoms with Gasteiger partial charge in [-0.3, -0.25) is 0 Å². The standard InChI is InChI=1S/C24H20ClFN4OS/c25-19-2-1-3-20(26)18(19)14-30-10-11-32-23-13-17(6-7-22(23)30)29-24(31)28-16-5-4-15-8-9-27-21(15)12-16/h1-9,12-13,27H,10-11,14H2,(H2,28,29,31). The van der Waals surface area contributed by atoms with Crippen LogP contribution in [0.1, 0.15) is 5.56 Å². The summed E-state index contributed by atoms with van der Waals surface area (Å²) in [6, 6.07) is 17.9. The summed E-state index contributed by atoms with van der Waals surface area (Å²) in [6.45, 7) is 1.18. The molecule has 32 heavy (non-hydrogen) atoms. The number of rotatable bonds is 4. The molecule has 0 fully saturated rings. The van der Waals surface area contributed by atoms with Crippen LogP contribution in [0.3, 0.4) is 0 Å². The minimum absolute atomic E-state index is 0.301. The van der Waals surface area contributed by atoms with Crippen molar-refractivity contribution in [1.29, 1.82) is 0 Å². The zero-order valence-corrected chi connectivity index (χ0v) is 18.6. The SMILES string of the molecule is O=C(Nc1ccc2c(c1)SCCN2Cc1c(F)cccc1Cl)Nc1ccc2cc[nH]c2c1. The number of carbonyl (C=O) groups is 1. The zero-order chi connectivity index (χ0) is 22.1. The van der Waals surface area contributed by atoms with Gasteiger partial charge in [0.25, 0.3) is 0 Å². The molecule has 4 aromatic rings. The van der Waals surface area contributed by atoms with Crippen molar-refractivity contribution < 1.29 is 9.18 Å². The monoisotopic (exact) mass is 466 g/mol. The molecule has 0 saturated carbocycles. The number of nitrogens with one attached hydrogen (secondary N) is 3. The summed E-state index contributed by atoms with van der Waals surface area (Å²) in [5.74, 6) is 0.565. The van der Waals surface area contributed by atoms with Crippen LogP contribution in [0.4, 0.5) is 26.2 Å². The Bertz CT molecular complexity index is 1290. The first kappa shape index (κ1) is 20.7. The molecule has 2 amide bonds. The lowest BCUT2D eigenvalue weighted by molar-refractivity contribution is 0.262. The normalized spacial score (nSPS) is 13.1. The van der Waals surface area contributed by atoms with Gasteiger partial charge in [0, 0.05) is 57.4 Å². The van der Waals surface area contributed by atoms with Crippen LogP contribution in [-0.2, 0) is 6.54 Å². The molecule has 1 aliphatic heterocycles. The fraction of sp³-hybridized carbons (Fsp3) is 0.125. The zero-order valence-electron chi connectivity index (χ0n) is 17.0. The minimum atomic E-state index is -0.313. The van der Waals surface area contributed by atoms with Crippen molar-refractivity contribution in [3.8, 4) is 0 Å². The molecule has 0 radical (unpaired) electrons. The summed E-state index contributed by atoms with van der Waals surface area (Å²) >= 11 is 7.94. The number of urea groups is 1. The molecule has 1 aliphatic rings. The molecule has 2 heterocycles. The first-order valence-corrected chi connectivity index (χ1v) is 11.5. The topological polar surface area (TPSA) is 60.2 Å². The van der Waals surface area contributed by atoms with Gasteiger partial charge in [-0.2, -0.15) is 0 Å². The van der Waals surface area contributed by atoms with Crippen LogP contribution in [0.15, 0.2) is 71.8 Å². The number of aromatic amines is 1. The van der Waals surface area contributed by atoms with Gasteiger partial charge >= 0.3 is 6.03 Å². The fourth-order valence-electron chi connectivity index (χ4n) is 3.81. The Labute approximate surface area is 194 Å². The predicted octanol–water partition coefficient (Wildman–Crippen LogP) is 6.72. The molecule has 0 saturated heterocycles. The number of aromatic nitrogens is 1. The van der Waals surface area contributed by atoms with E-state index < -0.39 is 0 Å². The number of H-pyrrole nitrogens is 1. The Balaban J connectivity index is 1.30. The Hall–Kier alpha value is -3.16. The molecule has 5 rings (SSSR count). The largest absolute Gasteiger partial charge is 0.365 e. The van der Waals surface area contributed by atoms with Crippen molar-refractivity contribution in [2.45, 2.75) is 11.4 Å². The van der Waals surface area contributed by atoms with E-state index in [1.54, 1.807) is 23.9 Å². The molecule has 8 heteroatoms. The van der Waals surface area contributed by atoms with E-state index in [9.17, 15) is 9.18 Å². The molecular formula is C24H20ClFN4OS. The highest BCUT2D eigenvalue weighted by Gasteiger charge is 2.20. The lowest BCUT2D eigenvalue weighted by Crippen LogP contribution is -2.29. The molecule has 0 spiro atoms. The number of anilines is 3. The highest BCUT2D eigenvalue weighted by molar-refractivity contribution is 7.99. The van der Waals surface area contributed by atoms with E-state index in [-0.39, 0.29) is 11.8 Å². The molecule has 162 valence electrons. The van der Waals surface area contributed by atoms with Gasteiger partial charge in [0.15, 0.2) is 0 Å². The highest BCUT2D eigenvalue weighted by Crippen LogP contribution is 2.38. The van der Waals surface area contributed by atoms with E-state index in [0.29, 0.717) is 28.5 Å². The van der Waals surface area contributed by atoms with Crippen LogP contribution in [0.2, 0.25) is 5.02 Å². The van der Waals surface area contributed by atoms with E-state index in [4.69, 9.17) is 11.6 Å². The molecule has 3 aromatic carbocycles. The molecule has 5 nitrogen and oxygen atoms in total. The Morgan fingerprint density at radius 1 is 1.09 bits per heavy atom. The number of hydrogen-bond donors (Lipinski definition) is 3. The first-order valence-electron chi connectivity index (χ1n) is 10.2. The summed E-state index contributed by atoms with van der Waals surface area (Å²) in [7, 11) is 0. The van der Waals surface area contributed by atoms with Crippen LogP contribution in [0.25, 0.3) is 10.9 Å². The van der Waals surface area contributed by atoms with Gasteiger partial charge in [-0.05, 0) is 53.9 Å². The number of nitrogens with zero attached hydrogens (tertiary/aromatic N) is 1. The quantitative estimate of drug-likeness (QED) is 0.313. The van der Waals surface area contributed by atoms with Crippen LogP contribution in [0.5, 0.6) is 0 Å². The Morgan fingerprint density at radius 2 is 1.91 bits per heavy atom. The number of fused-ring (bicyclic) bond motifs is 2. The minimum Gasteiger partial charge on any atom is -0.365 e. The second-order valence-electron chi connectivity index (χ2n) is 7.51. The van der Waals surface area contributed by atoms with Gasteiger partial charge in [0.2, 0.25) is 0 Å². The molecule has 0 bridgehead atoms. The number of benzene rings is 3. The van der Waals surface area contributed by atoms with E-state index in [0.717, 1.165) is 33.8 Å². The predicted molar refractivity (Wildman–Crippen MR) is 131 cm³/mol. The molecule has 0 atom stereocenters. The highest BCUT2D eigenvalue weighted by atomic mass is 35.5. The van der Waals surface area contributed by atoms with Crippen LogP contribution < -0.4 is 15.5 Å². The average Bonchev–Trinajstić information content (AvgIpc) is 3.24. The summed E-state index contributed by atoms with van der Waals surface area (Å²) in [5.41, 5.74) is 3.86. The lowest BCUT2D eigenvalue weighted by atomic mass is 10.1. The van der Waals surface area contributed by atoms with E-state index in [2.05, 4.69) is 20.5 Å². The van der Waals surface area contributed by atoms with E-state index in [1.807, 2.05) is 48.7 Å². The molecular weight excluding hydrogens is 447 g/mol. The Kier molecular flexibility index (Phi) is 5.68. The first-order chi connectivity index (χ1) is 15.6. The summed E-state index contributed by atoms with van der Waals surface area (Å²) in [5, 5.41) is 7.27.